The number of amides is 1. The second kappa shape index (κ2) is 6.82. The van der Waals surface area contributed by atoms with Crippen molar-refractivity contribution in [2.45, 2.75) is 32.1 Å². The predicted octanol–water partition coefficient (Wildman–Crippen LogP) is 4.08. The molecule has 0 radical (unpaired) electrons. The summed E-state index contributed by atoms with van der Waals surface area (Å²) in [7, 11) is 0. The Bertz CT molecular complexity index is 1100. The van der Waals surface area contributed by atoms with Gasteiger partial charge in [-0.2, -0.15) is 0 Å². The second-order valence-corrected chi connectivity index (χ2v) is 7.68. The largest absolute Gasteiger partial charge is 0.507 e. The van der Waals surface area contributed by atoms with E-state index in [-0.39, 0.29) is 11.7 Å². The number of benzene rings is 1. The summed E-state index contributed by atoms with van der Waals surface area (Å²) < 4.78 is 0. The van der Waals surface area contributed by atoms with Crippen LogP contribution in [0.5, 0.6) is 5.75 Å². The lowest BCUT2D eigenvalue weighted by molar-refractivity contribution is 0.0769. The quantitative estimate of drug-likeness (QED) is 0.711. The molecule has 1 aliphatic carbocycles. The smallest absolute Gasteiger partial charge is 0.257 e. The lowest BCUT2D eigenvalue weighted by Crippen LogP contribution is -2.34. The van der Waals surface area contributed by atoms with Crippen molar-refractivity contribution in [3.8, 4) is 5.75 Å². The van der Waals surface area contributed by atoms with Crippen LogP contribution in [0.4, 0.5) is 0 Å². The zero-order valence-corrected chi connectivity index (χ0v) is 15.7. The van der Waals surface area contributed by atoms with Gasteiger partial charge < -0.3 is 15.0 Å². The van der Waals surface area contributed by atoms with Crippen LogP contribution in [0.1, 0.15) is 46.3 Å². The molecule has 0 saturated heterocycles. The van der Waals surface area contributed by atoms with Crippen LogP contribution in [0.15, 0.2) is 42.7 Å². The monoisotopic (exact) mass is 373 g/mol. The highest BCUT2D eigenvalue weighted by Crippen LogP contribution is 2.32. The van der Waals surface area contributed by atoms with E-state index in [1.165, 1.54) is 16.7 Å². The molecular formula is C23H23N3O2. The van der Waals surface area contributed by atoms with Crippen molar-refractivity contribution < 1.29 is 9.90 Å². The van der Waals surface area contributed by atoms with Crippen LogP contribution in [-0.2, 0) is 12.8 Å². The molecule has 3 heterocycles. The van der Waals surface area contributed by atoms with Crippen molar-refractivity contribution in [2.75, 3.05) is 13.1 Å². The number of fused-ring (bicyclic) bond motifs is 2. The molecular weight excluding hydrogens is 350 g/mol. The van der Waals surface area contributed by atoms with E-state index >= 15 is 0 Å². The number of H-pyrrole nitrogens is 1. The summed E-state index contributed by atoms with van der Waals surface area (Å²) in [4.78, 5) is 22.4. The van der Waals surface area contributed by atoms with E-state index in [0.717, 1.165) is 48.7 Å². The third-order valence-corrected chi connectivity index (χ3v) is 5.98. The van der Waals surface area contributed by atoms with E-state index in [0.29, 0.717) is 18.7 Å². The van der Waals surface area contributed by atoms with Gasteiger partial charge in [0.05, 0.1) is 5.56 Å². The number of carbonyl (C=O) groups excluding carboxylic acids is 1. The number of aromatic nitrogens is 2. The zero-order valence-electron chi connectivity index (χ0n) is 15.7. The lowest BCUT2D eigenvalue weighted by Gasteiger charge is -2.27. The molecule has 1 aromatic carbocycles. The summed E-state index contributed by atoms with van der Waals surface area (Å²) in [5.41, 5.74) is 6.12. The molecule has 28 heavy (non-hydrogen) atoms. The fraction of sp³-hybridized carbons (Fsp3) is 0.304. The van der Waals surface area contributed by atoms with Crippen molar-refractivity contribution in [3.05, 3.63) is 65.0 Å². The van der Waals surface area contributed by atoms with E-state index < -0.39 is 0 Å². The summed E-state index contributed by atoms with van der Waals surface area (Å²) >= 11 is 0. The maximum absolute atomic E-state index is 13.0. The van der Waals surface area contributed by atoms with Gasteiger partial charge in [0, 0.05) is 36.4 Å². The number of nitrogens with one attached hydrogen (secondary N) is 1. The molecule has 142 valence electrons. The van der Waals surface area contributed by atoms with E-state index in [9.17, 15) is 9.90 Å². The van der Waals surface area contributed by atoms with Gasteiger partial charge in [-0.05, 0) is 73.1 Å². The Morgan fingerprint density at radius 2 is 1.96 bits per heavy atom. The number of aryl methyl sites for hydroxylation is 2. The molecule has 2 aromatic heterocycles. The fourth-order valence-corrected chi connectivity index (χ4v) is 4.43. The highest BCUT2D eigenvalue weighted by atomic mass is 16.3. The SMILES string of the molecule is O=C(c1cc2c(cc1O)CCCC2)N1CC=C(c2c[nH]c3ncccc23)CC1. The molecule has 0 fully saturated rings. The topological polar surface area (TPSA) is 69.2 Å². The van der Waals surface area contributed by atoms with Crippen molar-refractivity contribution in [1.82, 2.24) is 14.9 Å². The number of hydrogen-bond donors (Lipinski definition) is 2. The van der Waals surface area contributed by atoms with Gasteiger partial charge in [0.1, 0.15) is 11.4 Å². The van der Waals surface area contributed by atoms with Crippen LogP contribution in [0, 0.1) is 0 Å². The number of nitrogens with zero attached hydrogens (tertiary/aromatic N) is 2. The predicted molar refractivity (Wildman–Crippen MR) is 109 cm³/mol. The first-order chi connectivity index (χ1) is 13.7. The van der Waals surface area contributed by atoms with Gasteiger partial charge in [0.25, 0.3) is 5.91 Å². The van der Waals surface area contributed by atoms with Crippen molar-refractivity contribution in [3.63, 3.8) is 0 Å². The van der Waals surface area contributed by atoms with Crippen LogP contribution in [0.25, 0.3) is 16.6 Å². The third-order valence-electron chi connectivity index (χ3n) is 5.98. The number of hydrogen-bond acceptors (Lipinski definition) is 3. The molecule has 0 atom stereocenters. The van der Waals surface area contributed by atoms with Crippen LogP contribution in [0.2, 0.25) is 0 Å². The molecule has 2 aliphatic rings. The summed E-state index contributed by atoms with van der Waals surface area (Å²) in [6.45, 7) is 1.20. The first kappa shape index (κ1) is 17.0. The van der Waals surface area contributed by atoms with Crippen LogP contribution in [0.3, 0.4) is 0 Å². The van der Waals surface area contributed by atoms with E-state index in [1.807, 2.05) is 23.2 Å². The molecule has 5 heteroatoms. The first-order valence-electron chi connectivity index (χ1n) is 9.96. The van der Waals surface area contributed by atoms with Crippen molar-refractivity contribution in [1.29, 1.82) is 0 Å². The molecule has 0 saturated carbocycles. The Balaban J connectivity index is 1.38. The summed E-state index contributed by atoms with van der Waals surface area (Å²) in [6, 6.07) is 7.72. The van der Waals surface area contributed by atoms with Crippen molar-refractivity contribution in [2.24, 2.45) is 0 Å². The first-order valence-corrected chi connectivity index (χ1v) is 9.96. The number of phenolic OH excluding ortho intramolecular Hbond substituents is 1. The lowest BCUT2D eigenvalue weighted by atomic mass is 9.89. The maximum atomic E-state index is 13.0. The number of rotatable bonds is 2. The van der Waals surface area contributed by atoms with Gasteiger partial charge in [0.2, 0.25) is 0 Å². The van der Waals surface area contributed by atoms with Gasteiger partial charge >= 0.3 is 0 Å². The summed E-state index contributed by atoms with van der Waals surface area (Å²) in [5, 5.41) is 11.5. The maximum Gasteiger partial charge on any atom is 0.257 e. The highest BCUT2D eigenvalue weighted by Gasteiger charge is 2.24. The molecule has 5 nitrogen and oxygen atoms in total. The van der Waals surface area contributed by atoms with Crippen LogP contribution < -0.4 is 0 Å². The van der Waals surface area contributed by atoms with Crippen LogP contribution in [-0.4, -0.2) is 39.0 Å². The number of pyridine rings is 1. The molecule has 1 amide bonds. The zero-order chi connectivity index (χ0) is 19.1. The average molecular weight is 373 g/mol. The number of aromatic hydroxyl groups is 1. The van der Waals surface area contributed by atoms with Gasteiger partial charge in [-0.3, -0.25) is 4.79 Å². The standard InChI is InChI=1S/C23H23N3O2/c27-21-13-17-5-2-1-4-16(17)12-19(21)23(28)26-10-7-15(8-11-26)20-14-25-22-18(20)6-3-9-24-22/h3,6-7,9,12-14,27H,1-2,4-5,8,10-11H2,(H,24,25). The second-order valence-electron chi connectivity index (χ2n) is 7.68. The van der Waals surface area contributed by atoms with Crippen molar-refractivity contribution >= 4 is 22.5 Å². The molecule has 0 unspecified atom stereocenters. The minimum Gasteiger partial charge on any atom is -0.507 e. The molecule has 1 aliphatic heterocycles. The Morgan fingerprint density at radius 1 is 1.14 bits per heavy atom. The highest BCUT2D eigenvalue weighted by molar-refractivity contribution is 5.98. The fourth-order valence-electron chi connectivity index (χ4n) is 4.43. The summed E-state index contributed by atoms with van der Waals surface area (Å²) in [5.74, 6) is 0.0323. The molecule has 0 spiro atoms. The van der Waals surface area contributed by atoms with E-state index in [2.05, 4.69) is 22.1 Å². The molecule has 2 N–H and O–H groups in total. The Kier molecular flexibility index (Phi) is 4.15. The Hall–Kier alpha value is -3.08. The van der Waals surface area contributed by atoms with Gasteiger partial charge in [-0.25, -0.2) is 4.98 Å². The minimum absolute atomic E-state index is 0.0817. The minimum atomic E-state index is -0.0817. The average Bonchev–Trinajstić information content (AvgIpc) is 3.17. The molecule has 5 rings (SSSR count). The molecule has 0 bridgehead atoms. The van der Waals surface area contributed by atoms with Gasteiger partial charge in [-0.1, -0.05) is 6.08 Å². The molecule has 3 aromatic rings. The van der Waals surface area contributed by atoms with Crippen LogP contribution >= 0.6 is 0 Å². The normalized spacial score (nSPS) is 16.7. The van der Waals surface area contributed by atoms with Gasteiger partial charge in [-0.15, -0.1) is 0 Å². The third kappa shape index (κ3) is 2.87. The Morgan fingerprint density at radius 3 is 2.75 bits per heavy atom. The number of carbonyl (C=O) groups is 1. The Labute approximate surface area is 163 Å². The number of phenols is 1. The number of aromatic amines is 1. The van der Waals surface area contributed by atoms with E-state index in [1.54, 1.807) is 12.3 Å². The summed E-state index contributed by atoms with van der Waals surface area (Å²) in [6.07, 6.45) is 11.0. The van der Waals surface area contributed by atoms with Gasteiger partial charge in [0.15, 0.2) is 0 Å². The van der Waals surface area contributed by atoms with E-state index in [4.69, 9.17) is 0 Å².